The molecule has 0 aliphatic heterocycles. The van der Waals surface area contributed by atoms with Gasteiger partial charge in [0.1, 0.15) is 6.54 Å². The fraction of sp³-hybridized carbons (Fsp3) is 0.296. The zero-order valence-corrected chi connectivity index (χ0v) is 23.7. The summed E-state index contributed by atoms with van der Waals surface area (Å²) in [6.07, 6.45) is -4.75. The van der Waals surface area contributed by atoms with Gasteiger partial charge in [0, 0.05) is 12.6 Å². The molecule has 0 aliphatic carbocycles. The molecule has 0 bridgehead atoms. The minimum absolute atomic E-state index is 0.0735. The molecule has 41 heavy (non-hydrogen) atoms. The molecule has 0 unspecified atom stereocenters. The van der Waals surface area contributed by atoms with Crippen LogP contribution in [0, 0.1) is 0 Å². The molecule has 0 fully saturated rings. The Morgan fingerprint density at radius 2 is 1.41 bits per heavy atom. The molecule has 0 radical (unpaired) electrons. The van der Waals surface area contributed by atoms with E-state index in [1.807, 2.05) is 0 Å². The summed E-state index contributed by atoms with van der Waals surface area (Å²) in [6, 6.07) is 10.6. The second-order valence-corrected chi connectivity index (χ2v) is 10.2. The molecule has 222 valence electrons. The highest BCUT2D eigenvalue weighted by Crippen LogP contribution is 2.38. The molecule has 1 amide bonds. The summed E-state index contributed by atoms with van der Waals surface area (Å²) in [5.74, 6) is 0.516. The van der Waals surface area contributed by atoms with Gasteiger partial charge in [-0.3, -0.25) is 9.10 Å². The molecule has 0 aromatic heterocycles. The Morgan fingerprint density at radius 1 is 0.805 bits per heavy atom. The van der Waals surface area contributed by atoms with Gasteiger partial charge in [0.2, 0.25) is 11.7 Å². The van der Waals surface area contributed by atoms with E-state index in [1.54, 1.807) is 12.1 Å². The van der Waals surface area contributed by atoms with Crippen LogP contribution in [-0.2, 0) is 27.5 Å². The second kappa shape index (κ2) is 12.9. The quantitative estimate of drug-likeness (QED) is 0.329. The molecule has 3 rings (SSSR count). The van der Waals surface area contributed by atoms with Gasteiger partial charge in [0.15, 0.2) is 23.0 Å². The zero-order chi connectivity index (χ0) is 30.4. The van der Waals surface area contributed by atoms with Gasteiger partial charge in [0.25, 0.3) is 10.0 Å². The van der Waals surface area contributed by atoms with E-state index < -0.39 is 34.2 Å². The van der Waals surface area contributed by atoms with Crippen LogP contribution in [0.1, 0.15) is 11.1 Å². The minimum atomic E-state index is -4.75. The minimum Gasteiger partial charge on any atom is -0.493 e. The number of nitrogens with zero attached hydrogens (tertiary/aromatic N) is 1. The topological polar surface area (TPSA) is 113 Å². The van der Waals surface area contributed by atoms with Crippen LogP contribution in [0.2, 0.25) is 0 Å². The lowest BCUT2D eigenvalue weighted by atomic mass is 10.1. The SMILES string of the molecule is COc1ccc(S(=O)(=O)N(CC(=O)NCc2cc(OC)c(OC)c(OC)c2)c2cccc(C(F)(F)F)c2)cc1OC. The number of nitrogens with one attached hydrogen (secondary N) is 1. The number of sulfonamides is 1. The lowest BCUT2D eigenvalue weighted by Crippen LogP contribution is -2.40. The highest BCUT2D eigenvalue weighted by molar-refractivity contribution is 7.92. The molecule has 1 N–H and O–H groups in total. The number of rotatable bonds is 12. The summed E-state index contributed by atoms with van der Waals surface area (Å²) >= 11 is 0. The third-order valence-corrected chi connectivity index (χ3v) is 7.68. The Bertz CT molecular complexity index is 1470. The number of carbonyl (C=O) groups is 1. The Kier molecular flexibility index (Phi) is 9.81. The molecule has 0 spiro atoms. The van der Waals surface area contributed by atoms with Gasteiger partial charge in [-0.15, -0.1) is 0 Å². The van der Waals surface area contributed by atoms with E-state index in [1.165, 1.54) is 53.7 Å². The number of alkyl halides is 3. The number of ether oxygens (including phenoxy) is 5. The van der Waals surface area contributed by atoms with E-state index in [9.17, 15) is 26.4 Å². The number of amides is 1. The van der Waals surface area contributed by atoms with Crippen molar-refractivity contribution < 1.29 is 50.1 Å². The van der Waals surface area contributed by atoms with Crippen molar-refractivity contribution in [1.82, 2.24) is 5.32 Å². The van der Waals surface area contributed by atoms with E-state index in [0.29, 0.717) is 33.2 Å². The van der Waals surface area contributed by atoms with Crippen LogP contribution in [-0.4, -0.2) is 56.4 Å². The van der Waals surface area contributed by atoms with Crippen molar-refractivity contribution >= 4 is 21.6 Å². The molecule has 0 saturated heterocycles. The standard InChI is InChI=1S/C27H29F3N2O8S/c1-36-21-10-9-20(14-22(21)37-2)41(34,35)32(19-8-6-7-18(13-19)27(28,29)30)16-25(33)31-15-17-11-23(38-3)26(40-5)24(12-17)39-4/h6-14H,15-16H2,1-5H3,(H,31,33). The average molecular weight is 599 g/mol. The van der Waals surface area contributed by atoms with E-state index in [-0.39, 0.29) is 28.6 Å². The maximum Gasteiger partial charge on any atom is 0.416 e. The molecule has 0 saturated carbocycles. The van der Waals surface area contributed by atoms with Crippen LogP contribution < -0.4 is 33.3 Å². The van der Waals surface area contributed by atoms with Crippen molar-refractivity contribution in [3.05, 3.63) is 65.7 Å². The fourth-order valence-corrected chi connectivity index (χ4v) is 5.31. The molecule has 14 heteroatoms. The Labute approximate surface area is 235 Å². The first-order valence-electron chi connectivity index (χ1n) is 11.9. The third-order valence-electron chi connectivity index (χ3n) is 5.91. The maximum absolute atomic E-state index is 13.7. The summed E-state index contributed by atoms with van der Waals surface area (Å²) in [5.41, 5.74) is -0.917. The van der Waals surface area contributed by atoms with Gasteiger partial charge in [-0.05, 0) is 48.0 Å². The van der Waals surface area contributed by atoms with Crippen molar-refractivity contribution in [2.24, 2.45) is 0 Å². The van der Waals surface area contributed by atoms with Crippen LogP contribution in [0.3, 0.4) is 0 Å². The Morgan fingerprint density at radius 3 is 1.95 bits per heavy atom. The Balaban J connectivity index is 1.98. The van der Waals surface area contributed by atoms with Crippen molar-refractivity contribution in [2.75, 3.05) is 46.4 Å². The van der Waals surface area contributed by atoms with Gasteiger partial charge in [0.05, 0.1) is 51.7 Å². The van der Waals surface area contributed by atoms with Crippen molar-refractivity contribution in [2.45, 2.75) is 17.6 Å². The summed E-state index contributed by atoms with van der Waals surface area (Å²) < 4.78 is 94.7. The van der Waals surface area contributed by atoms with Crippen molar-refractivity contribution in [3.63, 3.8) is 0 Å². The van der Waals surface area contributed by atoms with E-state index in [2.05, 4.69) is 5.32 Å². The van der Waals surface area contributed by atoms with Gasteiger partial charge < -0.3 is 29.0 Å². The van der Waals surface area contributed by atoms with E-state index in [0.717, 1.165) is 18.2 Å². The second-order valence-electron chi connectivity index (χ2n) is 8.39. The first-order chi connectivity index (χ1) is 19.4. The van der Waals surface area contributed by atoms with Crippen molar-refractivity contribution in [3.8, 4) is 28.7 Å². The van der Waals surface area contributed by atoms with E-state index in [4.69, 9.17) is 23.7 Å². The maximum atomic E-state index is 13.7. The number of hydrogen-bond donors (Lipinski definition) is 1. The van der Waals surface area contributed by atoms with Crippen LogP contribution in [0.4, 0.5) is 18.9 Å². The normalized spacial score (nSPS) is 11.4. The summed E-state index contributed by atoms with van der Waals surface area (Å²) in [5, 5.41) is 2.58. The molecular formula is C27H29F3N2O8S. The smallest absolute Gasteiger partial charge is 0.416 e. The summed E-state index contributed by atoms with van der Waals surface area (Å²) in [4.78, 5) is 12.7. The average Bonchev–Trinajstić information content (AvgIpc) is 2.97. The number of benzene rings is 3. The highest BCUT2D eigenvalue weighted by atomic mass is 32.2. The number of anilines is 1. The molecule has 0 atom stereocenters. The lowest BCUT2D eigenvalue weighted by Gasteiger charge is -2.25. The third kappa shape index (κ3) is 7.06. The fourth-order valence-electron chi connectivity index (χ4n) is 3.88. The largest absolute Gasteiger partial charge is 0.493 e. The first-order valence-corrected chi connectivity index (χ1v) is 13.3. The monoisotopic (exact) mass is 598 g/mol. The predicted octanol–water partition coefficient (Wildman–Crippen LogP) is 4.26. The molecule has 3 aromatic rings. The lowest BCUT2D eigenvalue weighted by molar-refractivity contribution is -0.137. The van der Waals surface area contributed by atoms with Crippen LogP contribution >= 0.6 is 0 Å². The van der Waals surface area contributed by atoms with E-state index >= 15 is 0 Å². The van der Waals surface area contributed by atoms with Crippen LogP contribution in [0.5, 0.6) is 28.7 Å². The first kappa shape index (κ1) is 31.2. The molecule has 0 heterocycles. The van der Waals surface area contributed by atoms with Gasteiger partial charge in [-0.25, -0.2) is 8.42 Å². The molecular weight excluding hydrogens is 569 g/mol. The molecule has 3 aromatic carbocycles. The summed E-state index contributed by atoms with van der Waals surface area (Å²) in [7, 11) is 2.37. The summed E-state index contributed by atoms with van der Waals surface area (Å²) in [6.45, 7) is -0.912. The number of hydrogen-bond acceptors (Lipinski definition) is 8. The molecule has 0 aliphatic rings. The molecule has 10 nitrogen and oxygen atoms in total. The van der Waals surface area contributed by atoms with Crippen molar-refractivity contribution in [1.29, 1.82) is 0 Å². The predicted molar refractivity (Wildman–Crippen MR) is 143 cm³/mol. The van der Waals surface area contributed by atoms with Crippen LogP contribution in [0.15, 0.2) is 59.5 Å². The van der Waals surface area contributed by atoms with Gasteiger partial charge in [-0.1, -0.05) is 6.07 Å². The van der Waals surface area contributed by atoms with Crippen LogP contribution in [0.25, 0.3) is 0 Å². The number of methoxy groups -OCH3 is 5. The highest BCUT2D eigenvalue weighted by Gasteiger charge is 2.33. The number of carbonyl (C=O) groups excluding carboxylic acids is 1. The Hall–Kier alpha value is -4.33. The van der Waals surface area contributed by atoms with Gasteiger partial charge >= 0.3 is 6.18 Å². The number of halogens is 3. The zero-order valence-electron chi connectivity index (χ0n) is 22.9. The van der Waals surface area contributed by atoms with Gasteiger partial charge in [-0.2, -0.15) is 13.2 Å².